The summed E-state index contributed by atoms with van der Waals surface area (Å²) in [5, 5.41) is 12.0. The van der Waals surface area contributed by atoms with Gasteiger partial charge in [0.05, 0.1) is 35.0 Å². The molecule has 2 aromatic rings. The van der Waals surface area contributed by atoms with Crippen molar-refractivity contribution >= 4 is 26.5 Å². The Labute approximate surface area is 214 Å². The van der Waals surface area contributed by atoms with E-state index in [1.165, 1.54) is 6.07 Å². The number of hydrogen-bond acceptors (Lipinski definition) is 7. The fraction of sp³-hybridized carbons (Fsp3) is 0.625. The quantitative estimate of drug-likeness (QED) is 0.373. The van der Waals surface area contributed by atoms with Gasteiger partial charge in [0, 0.05) is 24.9 Å². The van der Waals surface area contributed by atoms with Gasteiger partial charge in [-0.1, -0.05) is 19.9 Å². The summed E-state index contributed by atoms with van der Waals surface area (Å²) in [6.07, 6.45) is -1.65. The molecule has 0 bridgehead atoms. The molecule has 2 N–H and O–H groups in total. The van der Waals surface area contributed by atoms with Gasteiger partial charge in [0.25, 0.3) is 10.0 Å². The van der Waals surface area contributed by atoms with Crippen molar-refractivity contribution in [3.05, 3.63) is 40.4 Å². The zero-order chi connectivity index (χ0) is 26.4. The van der Waals surface area contributed by atoms with Crippen LogP contribution in [0.25, 0.3) is 0 Å². The monoisotopic (exact) mass is 549 g/mol. The smallest absolute Gasteiger partial charge is 0.390 e. The number of rotatable bonds is 12. The minimum atomic E-state index is -4.83. The highest BCUT2D eigenvalue weighted by Gasteiger charge is 2.38. The topological polar surface area (TPSA) is 91.8 Å². The number of nitrogens with zero attached hydrogens (tertiary/aromatic N) is 2. The van der Waals surface area contributed by atoms with Crippen molar-refractivity contribution in [1.29, 1.82) is 0 Å². The van der Waals surface area contributed by atoms with Crippen molar-refractivity contribution in [2.75, 3.05) is 37.6 Å². The van der Waals surface area contributed by atoms with Crippen molar-refractivity contribution in [2.24, 2.45) is 0 Å². The summed E-state index contributed by atoms with van der Waals surface area (Å²) in [5.41, 5.74) is -1.24. The van der Waals surface area contributed by atoms with Crippen molar-refractivity contribution in [3.8, 4) is 0 Å². The summed E-state index contributed by atoms with van der Waals surface area (Å²) in [6, 6.07) is 3.39. The molecule has 0 amide bonds. The summed E-state index contributed by atoms with van der Waals surface area (Å²) in [4.78, 5) is 5.61. The van der Waals surface area contributed by atoms with Gasteiger partial charge in [-0.15, -0.1) is 11.3 Å². The molecule has 1 aliphatic rings. The average molecular weight is 550 g/mol. The molecule has 1 fully saturated rings. The van der Waals surface area contributed by atoms with E-state index < -0.39 is 32.3 Å². The van der Waals surface area contributed by atoms with Crippen LogP contribution >= 0.6 is 11.3 Å². The van der Waals surface area contributed by atoms with Gasteiger partial charge in [-0.3, -0.25) is 9.62 Å². The second-order valence-corrected chi connectivity index (χ2v) is 11.6. The molecular formula is C24H34F3N3O4S2. The minimum Gasteiger partial charge on any atom is -0.390 e. The molecule has 1 aliphatic heterocycles. The first-order chi connectivity index (χ1) is 17.0. The van der Waals surface area contributed by atoms with Crippen LogP contribution in [-0.2, 0) is 33.8 Å². The largest absolute Gasteiger partial charge is 0.417 e. The number of alkyl halides is 3. The Bertz CT molecular complexity index is 1100. The maximum Gasteiger partial charge on any atom is 0.417 e. The normalized spacial score (nSPS) is 15.8. The molecular weight excluding hydrogens is 515 g/mol. The molecule has 0 aliphatic carbocycles. The van der Waals surface area contributed by atoms with Gasteiger partial charge in [-0.2, -0.15) is 13.2 Å². The van der Waals surface area contributed by atoms with E-state index >= 15 is 0 Å². The van der Waals surface area contributed by atoms with Crippen LogP contribution in [0.2, 0.25) is 0 Å². The van der Waals surface area contributed by atoms with Crippen LogP contribution in [0.5, 0.6) is 0 Å². The second kappa shape index (κ2) is 12.2. The molecule has 0 radical (unpaired) electrons. The van der Waals surface area contributed by atoms with Crippen molar-refractivity contribution in [3.63, 3.8) is 0 Å². The van der Waals surface area contributed by atoms with Gasteiger partial charge in [0.15, 0.2) is 5.13 Å². The Balaban J connectivity index is 1.70. The molecule has 202 valence electrons. The molecule has 3 rings (SSSR count). The average Bonchev–Trinajstić information content (AvgIpc) is 3.27. The van der Waals surface area contributed by atoms with Gasteiger partial charge in [-0.05, 0) is 56.3 Å². The Morgan fingerprint density at radius 2 is 1.86 bits per heavy atom. The Kier molecular flexibility index (Phi) is 9.78. The van der Waals surface area contributed by atoms with Crippen molar-refractivity contribution < 1.29 is 31.4 Å². The first kappa shape index (κ1) is 28.8. The van der Waals surface area contributed by atoms with Crippen LogP contribution in [0.3, 0.4) is 0 Å². The lowest BCUT2D eigenvalue weighted by molar-refractivity contribution is -0.139. The maximum absolute atomic E-state index is 13.8. The molecule has 1 saturated heterocycles. The maximum atomic E-state index is 13.8. The number of nitrogens with one attached hydrogen (secondary N) is 1. The fourth-order valence-corrected chi connectivity index (χ4v) is 6.29. The number of anilines is 1. The fourth-order valence-electron chi connectivity index (χ4n) is 4.12. The lowest BCUT2D eigenvalue weighted by Crippen LogP contribution is -2.36. The van der Waals surface area contributed by atoms with E-state index in [1.54, 1.807) is 5.38 Å². The van der Waals surface area contributed by atoms with E-state index in [0.29, 0.717) is 50.2 Å². The number of aryl methyl sites for hydroxylation is 1. The number of morpholine rings is 1. The standard InChI is InChI=1S/C24H34F3N3O4S2/c1-3-23(31,4-2)16-19-17-35-22(28-19)29-36(32,33)21-9-8-18(15-20(21)24(25,26)27)7-5-6-10-30-11-13-34-14-12-30/h8-9,15,17,31H,3-7,10-14,16H2,1-2H3,(H,28,29). The van der Waals surface area contributed by atoms with Crippen LogP contribution < -0.4 is 4.72 Å². The zero-order valence-electron chi connectivity index (χ0n) is 20.6. The van der Waals surface area contributed by atoms with Gasteiger partial charge >= 0.3 is 6.18 Å². The predicted molar refractivity (Wildman–Crippen MR) is 134 cm³/mol. The third-order valence-electron chi connectivity index (χ3n) is 6.53. The summed E-state index contributed by atoms with van der Waals surface area (Å²) >= 11 is 0.969. The molecule has 12 heteroatoms. The van der Waals surface area contributed by atoms with Crippen LogP contribution in [0.4, 0.5) is 18.3 Å². The first-order valence-electron chi connectivity index (χ1n) is 12.2. The third kappa shape index (κ3) is 7.88. The highest BCUT2D eigenvalue weighted by atomic mass is 32.2. The molecule has 2 heterocycles. The third-order valence-corrected chi connectivity index (χ3v) is 8.87. The first-order valence-corrected chi connectivity index (χ1v) is 14.5. The molecule has 1 aromatic heterocycles. The van der Waals surface area contributed by atoms with Crippen molar-refractivity contribution in [2.45, 2.75) is 69.0 Å². The zero-order valence-corrected chi connectivity index (χ0v) is 22.2. The molecule has 0 spiro atoms. The lowest BCUT2D eigenvalue weighted by atomic mass is 9.92. The molecule has 0 saturated carbocycles. The molecule has 7 nitrogen and oxygen atoms in total. The predicted octanol–water partition coefficient (Wildman–Crippen LogP) is 4.71. The van der Waals surface area contributed by atoms with E-state index in [0.717, 1.165) is 49.5 Å². The van der Waals surface area contributed by atoms with Gasteiger partial charge in [0.2, 0.25) is 0 Å². The molecule has 1 aromatic carbocycles. The Morgan fingerprint density at radius 1 is 1.17 bits per heavy atom. The summed E-state index contributed by atoms with van der Waals surface area (Å²) in [6.45, 7) is 7.64. The van der Waals surface area contributed by atoms with E-state index in [4.69, 9.17) is 4.74 Å². The number of sulfonamides is 1. The van der Waals surface area contributed by atoms with E-state index in [-0.39, 0.29) is 11.6 Å². The highest BCUT2D eigenvalue weighted by molar-refractivity contribution is 7.93. The number of benzene rings is 1. The molecule has 0 atom stereocenters. The van der Waals surface area contributed by atoms with Crippen LogP contribution in [-0.4, -0.2) is 61.9 Å². The van der Waals surface area contributed by atoms with Crippen molar-refractivity contribution in [1.82, 2.24) is 9.88 Å². The number of halogens is 3. The Hall–Kier alpha value is -1.73. The summed E-state index contributed by atoms with van der Waals surface area (Å²) in [7, 11) is -4.53. The number of unbranched alkanes of at least 4 members (excludes halogenated alkanes) is 1. The number of aliphatic hydroxyl groups is 1. The van der Waals surface area contributed by atoms with E-state index in [1.807, 2.05) is 13.8 Å². The second-order valence-electron chi connectivity index (χ2n) is 9.10. The highest BCUT2D eigenvalue weighted by Crippen LogP contribution is 2.36. The number of aromatic nitrogens is 1. The van der Waals surface area contributed by atoms with Gasteiger partial charge in [0.1, 0.15) is 0 Å². The molecule has 0 unspecified atom stereocenters. The van der Waals surface area contributed by atoms with E-state index in [2.05, 4.69) is 14.6 Å². The number of hydrogen-bond donors (Lipinski definition) is 2. The summed E-state index contributed by atoms with van der Waals surface area (Å²) < 4.78 is 74.9. The SMILES string of the molecule is CCC(O)(CC)Cc1csc(NS(=O)(=O)c2ccc(CCCCN3CCOCC3)cc2C(F)(F)F)n1. The lowest BCUT2D eigenvalue weighted by Gasteiger charge is -2.26. The number of thiazole rings is 1. The minimum absolute atomic E-state index is 0.0418. The van der Waals surface area contributed by atoms with Crippen LogP contribution in [0, 0.1) is 0 Å². The van der Waals surface area contributed by atoms with Gasteiger partial charge < -0.3 is 9.84 Å². The van der Waals surface area contributed by atoms with Crippen LogP contribution in [0.15, 0.2) is 28.5 Å². The molecule has 36 heavy (non-hydrogen) atoms. The Morgan fingerprint density at radius 3 is 2.50 bits per heavy atom. The number of ether oxygens (including phenoxy) is 1. The van der Waals surface area contributed by atoms with Crippen LogP contribution in [0.1, 0.15) is 56.4 Å². The van der Waals surface area contributed by atoms with Gasteiger partial charge in [-0.25, -0.2) is 13.4 Å². The summed E-state index contributed by atoms with van der Waals surface area (Å²) in [5.74, 6) is 0. The van der Waals surface area contributed by atoms with E-state index in [9.17, 15) is 26.7 Å².